The van der Waals surface area contributed by atoms with Crippen molar-refractivity contribution < 1.29 is 0 Å². The number of rotatable bonds is 3. The second kappa shape index (κ2) is 4.52. The van der Waals surface area contributed by atoms with E-state index in [4.69, 9.17) is 0 Å². The summed E-state index contributed by atoms with van der Waals surface area (Å²) in [6.45, 7) is 6.50. The van der Waals surface area contributed by atoms with Crippen molar-refractivity contribution in [3.63, 3.8) is 0 Å². The van der Waals surface area contributed by atoms with Crippen molar-refractivity contribution in [3.8, 4) is 11.1 Å². The highest BCUT2D eigenvalue weighted by molar-refractivity contribution is 5.65. The van der Waals surface area contributed by atoms with Crippen molar-refractivity contribution >= 4 is 0 Å². The van der Waals surface area contributed by atoms with Gasteiger partial charge in [-0.2, -0.15) is 5.10 Å². The average molecular weight is 214 g/mol. The molecule has 0 bridgehead atoms. The maximum atomic E-state index is 4.42. The minimum absolute atomic E-state index is 0.470. The van der Waals surface area contributed by atoms with Gasteiger partial charge in [-0.25, -0.2) is 0 Å². The first-order valence-corrected chi connectivity index (χ1v) is 5.82. The summed E-state index contributed by atoms with van der Waals surface area (Å²) in [5.41, 5.74) is 3.78. The quantitative estimate of drug-likeness (QED) is 0.759. The molecule has 0 aliphatic rings. The Hall–Kier alpha value is -1.57. The van der Waals surface area contributed by atoms with E-state index in [9.17, 15) is 0 Å². The maximum Gasteiger partial charge on any atom is 0.0568 e. The van der Waals surface area contributed by atoms with Gasteiger partial charge in [-0.05, 0) is 31.4 Å². The van der Waals surface area contributed by atoms with Crippen LogP contribution in [0.4, 0.5) is 0 Å². The van der Waals surface area contributed by atoms with Crippen molar-refractivity contribution in [2.45, 2.75) is 33.2 Å². The fourth-order valence-corrected chi connectivity index (χ4v) is 1.80. The van der Waals surface area contributed by atoms with E-state index >= 15 is 0 Å². The second-order valence-electron chi connectivity index (χ2n) is 4.28. The first-order valence-electron chi connectivity index (χ1n) is 5.82. The van der Waals surface area contributed by atoms with Crippen LogP contribution in [0.1, 0.15) is 31.9 Å². The van der Waals surface area contributed by atoms with E-state index in [1.54, 1.807) is 0 Å². The van der Waals surface area contributed by atoms with Crippen LogP contribution >= 0.6 is 0 Å². The molecule has 0 N–H and O–H groups in total. The lowest BCUT2D eigenvalue weighted by Crippen LogP contribution is -2.03. The molecule has 84 valence electrons. The van der Waals surface area contributed by atoms with Gasteiger partial charge in [-0.1, -0.05) is 31.2 Å². The SMILES string of the molecule is CCC(C)n1cc(-c2ccccc2C)cn1. The number of hydrogen-bond donors (Lipinski definition) is 0. The number of benzene rings is 1. The van der Waals surface area contributed by atoms with Gasteiger partial charge in [0, 0.05) is 17.8 Å². The van der Waals surface area contributed by atoms with Gasteiger partial charge in [0.1, 0.15) is 0 Å². The van der Waals surface area contributed by atoms with Gasteiger partial charge in [-0.3, -0.25) is 4.68 Å². The molecule has 0 saturated carbocycles. The maximum absolute atomic E-state index is 4.42. The van der Waals surface area contributed by atoms with Crippen molar-refractivity contribution in [2.24, 2.45) is 0 Å². The lowest BCUT2D eigenvalue weighted by Gasteiger charge is -2.08. The van der Waals surface area contributed by atoms with Crippen LogP contribution in [0.25, 0.3) is 11.1 Å². The summed E-state index contributed by atoms with van der Waals surface area (Å²) in [6, 6.07) is 8.89. The Labute approximate surface area is 96.9 Å². The third-order valence-corrected chi connectivity index (χ3v) is 3.10. The Balaban J connectivity index is 2.35. The molecule has 1 atom stereocenters. The molecule has 2 aromatic rings. The van der Waals surface area contributed by atoms with E-state index in [2.05, 4.69) is 56.3 Å². The Morgan fingerprint density at radius 2 is 2.06 bits per heavy atom. The Morgan fingerprint density at radius 1 is 1.31 bits per heavy atom. The molecule has 2 heteroatoms. The van der Waals surface area contributed by atoms with Crippen molar-refractivity contribution in [2.75, 3.05) is 0 Å². The first kappa shape index (κ1) is 10.9. The van der Waals surface area contributed by atoms with E-state index in [-0.39, 0.29) is 0 Å². The summed E-state index contributed by atoms with van der Waals surface area (Å²) in [6.07, 6.45) is 5.19. The highest BCUT2D eigenvalue weighted by atomic mass is 15.3. The zero-order valence-electron chi connectivity index (χ0n) is 10.1. The molecule has 0 aliphatic heterocycles. The van der Waals surface area contributed by atoms with Crippen molar-refractivity contribution in [1.82, 2.24) is 9.78 Å². The largest absolute Gasteiger partial charge is 0.269 e. The Bertz CT molecular complexity index is 471. The van der Waals surface area contributed by atoms with Crippen LogP contribution in [0.2, 0.25) is 0 Å². The molecule has 0 fully saturated rings. The lowest BCUT2D eigenvalue weighted by molar-refractivity contribution is 0.478. The van der Waals surface area contributed by atoms with E-state index in [0.29, 0.717) is 6.04 Å². The predicted molar refractivity (Wildman–Crippen MR) is 67.4 cm³/mol. The molecule has 1 heterocycles. The Kier molecular flexibility index (Phi) is 3.09. The molecular weight excluding hydrogens is 196 g/mol. The fraction of sp³-hybridized carbons (Fsp3) is 0.357. The molecule has 2 rings (SSSR count). The molecule has 2 nitrogen and oxygen atoms in total. The second-order valence-corrected chi connectivity index (χ2v) is 4.28. The van der Waals surface area contributed by atoms with E-state index in [0.717, 1.165) is 6.42 Å². The predicted octanol–water partition coefficient (Wildman–Crippen LogP) is 3.83. The summed E-state index contributed by atoms with van der Waals surface area (Å²) >= 11 is 0. The monoisotopic (exact) mass is 214 g/mol. The van der Waals surface area contributed by atoms with Gasteiger partial charge in [0.2, 0.25) is 0 Å². The molecule has 1 aromatic heterocycles. The number of hydrogen-bond acceptors (Lipinski definition) is 1. The zero-order valence-corrected chi connectivity index (χ0v) is 10.1. The van der Waals surface area contributed by atoms with Crippen molar-refractivity contribution in [1.29, 1.82) is 0 Å². The van der Waals surface area contributed by atoms with Crippen LogP contribution in [0, 0.1) is 6.92 Å². The van der Waals surface area contributed by atoms with Crippen LogP contribution in [0.5, 0.6) is 0 Å². The molecule has 0 radical (unpaired) electrons. The molecule has 1 aromatic carbocycles. The van der Waals surface area contributed by atoms with Crippen molar-refractivity contribution in [3.05, 3.63) is 42.2 Å². The van der Waals surface area contributed by atoms with E-state index in [1.807, 2.05) is 10.9 Å². The normalized spacial score (nSPS) is 12.7. The van der Waals surface area contributed by atoms with Crippen LogP contribution in [0.3, 0.4) is 0 Å². The topological polar surface area (TPSA) is 17.8 Å². The van der Waals surface area contributed by atoms with Gasteiger partial charge in [0.15, 0.2) is 0 Å². The standard InChI is InChI=1S/C14H18N2/c1-4-12(3)16-10-13(9-15-16)14-8-6-5-7-11(14)2/h5-10,12H,4H2,1-3H3. The minimum atomic E-state index is 0.470. The molecule has 1 unspecified atom stereocenters. The molecule has 0 amide bonds. The average Bonchev–Trinajstić information content (AvgIpc) is 2.78. The molecule has 16 heavy (non-hydrogen) atoms. The molecule has 0 aliphatic carbocycles. The third kappa shape index (κ3) is 2.01. The van der Waals surface area contributed by atoms with Gasteiger partial charge in [0.25, 0.3) is 0 Å². The summed E-state index contributed by atoms with van der Waals surface area (Å²) in [7, 11) is 0. The van der Waals surface area contributed by atoms with Gasteiger partial charge >= 0.3 is 0 Å². The smallest absolute Gasteiger partial charge is 0.0568 e. The van der Waals surface area contributed by atoms with Crippen LogP contribution in [-0.2, 0) is 0 Å². The van der Waals surface area contributed by atoms with Gasteiger partial charge in [0.05, 0.1) is 6.20 Å². The summed E-state index contributed by atoms with van der Waals surface area (Å²) in [4.78, 5) is 0. The molecule has 0 spiro atoms. The summed E-state index contributed by atoms with van der Waals surface area (Å²) in [5, 5.41) is 4.42. The van der Waals surface area contributed by atoms with E-state index in [1.165, 1.54) is 16.7 Å². The summed E-state index contributed by atoms with van der Waals surface area (Å²) < 4.78 is 2.04. The third-order valence-electron chi connectivity index (χ3n) is 3.10. The number of aryl methyl sites for hydroxylation is 1. The van der Waals surface area contributed by atoms with Gasteiger partial charge < -0.3 is 0 Å². The van der Waals surface area contributed by atoms with Gasteiger partial charge in [-0.15, -0.1) is 0 Å². The van der Waals surface area contributed by atoms with E-state index < -0.39 is 0 Å². The first-order chi connectivity index (χ1) is 7.72. The summed E-state index contributed by atoms with van der Waals surface area (Å²) in [5.74, 6) is 0. The number of nitrogens with zero attached hydrogens (tertiary/aromatic N) is 2. The Morgan fingerprint density at radius 3 is 2.75 bits per heavy atom. The fourth-order valence-electron chi connectivity index (χ4n) is 1.80. The number of aromatic nitrogens is 2. The van der Waals surface area contributed by atoms with Crippen LogP contribution in [-0.4, -0.2) is 9.78 Å². The van der Waals surface area contributed by atoms with Crippen LogP contribution < -0.4 is 0 Å². The lowest BCUT2D eigenvalue weighted by atomic mass is 10.0. The zero-order chi connectivity index (χ0) is 11.5. The molecule has 0 saturated heterocycles. The highest BCUT2D eigenvalue weighted by Gasteiger charge is 2.07. The van der Waals surface area contributed by atoms with Crippen LogP contribution in [0.15, 0.2) is 36.7 Å². The highest BCUT2D eigenvalue weighted by Crippen LogP contribution is 2.23. The minimum Gasteiger partial charge on any atom is -0.269 e. The molecular formula is C14H18N2.